The van der Waals surface area contributed by atoms with Crippen LogP contribution in [0.25, 0.3) is 12.2 Å². The van der Waals surface area contributed by atoms with Gasteiger partial charge in [-0.2, -0.15) is 0 Å². The van der Waals surface area contributed by atoms with Crippen LogP contribution in [0.15, 0.2) is 78.9 Å². The van der Waals surface area contributed by atoms with Crippen LogP contribution in [0, 0.1) is 0 Å². The predicted octanol–water partition coefficient (Wildman–Crippen LogP) is 5.48. The molecule has 0 saturated carbocycles. The molecule has 0 aromatic heterocycles. The largest absolute Gasteiger partial charge is 0.497 e. The van der Waals surface area contributed by atoms with Crippen LogP contribution in [0.1, 0.15) is 16.7 Å². The average Bonchev–Trinajstić information content (AvgIpc) is 2.67. The quantitative estimate of drug-likeness (QED) is 0.608. The van der Waals surface area contributed by atoms with Crippen molar-refractivity contribution in [3.8, 4) is 5.75 Å². The molecule has 24 heavy (non-hydrogen) atoms. The van der Waals surface area contributed by atoms with Gasteiger partial charge >= 0.3 is 0 Å². The first-order valence-electron chi connectivity index (χ1n) is 8.03. The molecule has 120 valence electrons. The summed E-state index contributed by atoms with van der Waals surface area (Å²) in [6.07, 6.45) is 4.26. The highest BCUT2D eigenvalue weighted by Gasteiger charge is 1.96. The third kappa shape index (κ3) is 4.50. The first kappa shape index (κ1) is 15.9. The minimum absolute atomic E-state index is 0.801. The first-order chi connectivity index (χ1) is 11.8. The van der Waals surface area contributed by atoms with Crippen LogP contribution >= 0.6 is 0 Å². The molecule has 3 aromatic rings. The fourth-order valence-electron chi connectivity index (χ4n) is 2.42. The van der Waals surface area contributed by atoms with Crippen molar-refractivity contribution in [2.24, 2.45) is 0 Å². The van der Waals surface area contributed by atoms with E-state index in [0.29, 0.717) is 0 Å². The van der Waals surface area contributed by atoms with E-state index in [-0.39, 0.29) is 0 Å². The van der Waals surface area contributed by atoms with Gasteiger partial charge < -0.3 is 10.1 Å². The smallest absolute Gasteiger partial charge is 0.119 e. The minimum atomic E-state index is 0.801. The molecule has 0 aliphatic carbocycles. The van der Waals surface area contributed by atoms with Crippen molar-refractivity contribution in [3.63, 3.8) is 0 Å². The summed E-state index contributed by atoms with van der Waals surface area (Å²) in [6, 6.07) is 26.9. The molecular formula is C22H21NO. The van der Waals surface area contributed by atoms with Crippen molar-refractivity contribution in [1.82, 2.24) is 0 Å². The molecule has 3 aromatic carbocycles. The number of hydrogen-bond acceptors (Lipinski definition) is 2. The Morgan fingerprint density at radius 1 is 0.750 bits per heavy atom. The molecule has 1 N–H and O–H groups in total. The Morgan fingerprint density at radius 2 is 1.38 bits per heavy atom. The lowest BCUT2D eigenvalue weighted by Crippen LogP contribution is -1.99. The van der Waals surface area contributed by atoms with Gasteiger partial charge in [0.05, 0.1) is 7.11 Å². The van der Waals surface area contributed by atoms with E-state index in [9.17, 15) is 0 Å². The Morgan fingerprint density at radius 3 is 2.00 bits per heavy atom. The van der Waals surface area contributed by atoms with Crippen molar-refractivity contribution in [1.29, 1.82) is 0 Å². The number of anilines is 1. The highest BCUT2D eigenvalue weighted by molar-refractivity contribution is 5.69. The Balaban J connectivity index is 1.57. The monoisotopic (exact) mass is 315 g/mol. The molecule has 2 nitrogen and oxygen atoms in total. The van der Waals surface area contributed by atoms with Crippen LogP contribution in [0.2, 0.25) is 0 Å². The molecule has 0 heterocycles. The van der Waals surface area contributed by atoms with Crippen LogP contribution in [0.3, 0.4) is 0 Å². The standard InChI is InChI=1S/C22H21NO/c1-24-22-15-13-21(14-16-22)23-17-20-11-9-19(10-12-20)8-7-18-5-3-2-4-6-18/h2-16,23H,17H2,1H3/b8-7+. The molecule has 0 fully saturated rings. The van der Waals surface area contributed by atoms with Crippen molar-refractivity contribution in [2.75, 3.05) is 12.4 Å². The van der Waals surface area contributed by atoms with E-state index in [1.165, 1.54) is 16.7 Å². The summed E-state index contributed by atoms with van der Waals surface area (Å²) in [5.74, 6) is 0.870. The van der Waals surface area contributed by atoms with Crippen LogP contribution in [-0.4, -0.2) is 7.11 Å². The van der Waals surface area contributed by atoms with Gasteiger partial charge in [0.15, 0.2) is 0 Å². The molecule has 0 aliphatic heterocycles. The number of rotatable bonds is 6. The van der Waals surface area contributed by atoms with Crippen LogP contribution in [0.4, 0.5) is 5.69 Å². The molecule has 0 amide bonds. The summed E-state index contributed by atoms with van der Waals surface area (Å²) in [7, 11) is 1.68. The van der Waals surface area contributed by atoms with Gasteiger partial charge in [0.1, 0.15) is 5.75 Å². The molecule has 2 heteroatoms. The van der Waals surface area contributed by atoms with Crippen molar-refractivity contribution in [2.45, 2.75) is 6.54 Å². The highest BCUT2D eigenvalue weighted by atomic mass is 16.5. The van der Waals surface area contributed by atoms with E-state index in [1.807, 2.05) is 42.5 Å². The number of nitrogens with one attached hydrogen (secondary N) is 1. The summed E-state index contributed by atoms with van der Waals surface area (Å²) >= 11 is 0. The van der Waals surface area contributed by atoms with Gasteiger partial charge in [-0.25, -0.2) is 0 Å². The van der Waals surface area contributed by atoms with Gasteiger partial charge in [0.25, 0.3) is 0 Å². The maximum atomic E-state index is 5.17. The maximum Gasteiger partial charge on any atom is 0.119 e. The lowest BCUT2D eigenvalue weighted by molar-refractivity contribution is 0.415. The zero-order valence-corrected chi connectivity index (χ0v) is 13.8. The Bertz CT molecular complexity index is 774. The Labute approximate surface area is 143 Å². The van der Waals surface area contributed by atoms with E-state index < -0.39 is 0 Å². The molecule has 0 saturated heterocycles. The molecule has 0 radical (unpaired) electrons. The lowest BCUT2D eigenvalue weighted by Gasteiger charge is -2.08. The zero-order chi connectivity index (χ0) is 16.6. The van der Waals surface area contributed by atoms with Gasteiger partial charge in [0.2, 0.25) is 0 Å². The number of methoxy groups -OCH3 is 1. The van der Waals surface area contributed by atoms with Crippen LogP contribution in [-0.2, 0) is 6.54 Å². The Hall–Kier alpha value is -3.00. The third-order valence-corrected chi connectivity index (χ3v) is 3.83. The summed E-state index contributed by atoms with van der Waals surface area (Å²) < 4.78 is 5.17. The fourth-order valence-corrected chi connectivity index (χ4v) is 2.42. The molecule has 0 spiro atoms. The third-order valence-electron chi connectivity index (χ3n) is 3.83. The predicted molar refractivity (Wildman–Crippen MR) is 102 cm³/mol. The van der Waals surface area contributed by atoms with Gasteiger partial charge in [0, 0.05) is 12.2 Å². The molecule has 0 aliphatic rings. The second kappa shape index (κ2) is 8.02. The van der Waals surface area contributed by atoms with Crippen molar-refractivity contribution < 1.29 is 4.74 Å². The molecule has 0 atom stereocenters. The minimum Gasteiger partial charge on any atom is -0.497 e. The molecule has 0 bridgehead atoms. The SMILES string of the molecule is COc1ccc(NCc2ccc(/C=C/c3ccccc3)cc2)cc1. The number of benzene rings is 3. The molecule has 0 unspecified atom stereocenters. The van der Waals surface area contributed by atoms with E-state index in [4.69, 9.17) is 4.74 Å². The fraction of sp³-hybridized carbons (Fsp3) is 0.0909. The molecular weight excluding hydrogens is 294 g/mol. The summed E-state index contributed by atoms with van der Waals surface area (Å²) in [6.45, 7) is 0.801. The highest BCUT2D eigenvalue weighted by Crippen LogP contribution is 2.16. The van der Waals surface area contributed by atoms with E-state index in [1.54, 1.807) is 7.11 Å². The molecule has 3 rings (SSSR count). The topological polar surface area (TPSA) is 21.3 Å². The van der Waals surface area contributed by atoms with Gasteiger partial charge in [-0.1, -0.05) is 66.7 Å². The average molecular weight is 315 g/mol. The second-order valence-corrected chi connectivity index (χ2v) is 5.57. The lowest BCUT2D eigenvalue weighted by atomic mass is 10.1. The van der Waals surface area contributed by atoms with Crippen molar-refractivity contribution in [3.05, 3.63) is 95.6 Å². The summed E-state index contributed by atoms with van der Waals surface area (Å²) in [5.41, 5.74) is 4.75. The maximum absolute atomic E-state index is 5.17. The summed E-state index contributed by atoms with van der Waals surface area (Å²) in [4.78, 5) is 0. The van der Waals surface area contributed by atoms with E-state index in [2.05, 4.69) is 53.9 Å². The zero-order valence-electron chi connectivity index (χ0n) is 13.8. The number of ether oxygens (including phenoxy) is 1. The van der Waals surface area contributed by atoms with Crippen molar-refractivity contribution >= 4 is 17.8 Å². The van der Waals surface area contributed by atoms with E-state index in [0.717, 1.165) is 18.0 Å². The first-order valence-corrected chi connectivity index (χ1v) is 8.03. The second-order valence-electron chi connectivity index (χ2n) is 5.57. The van der Waals surface area contributed by atoms with Gasteiger partial charge in [-0.3, -0.25) is 0 Å². The Kier molecular flexibility index (Phi) is 5.31. The van der Waals surface area contributed by atoms with Crippen LogP contribution in [0.5, 0.6) is 5.75 Å². The van der Waals surface area contributed by atoms with Gasteiger partial charge in [-0.05, 0) is 41.0 Å². The summed E-state index contributed by atoms with van der Waals surface area (Å²) in [5, 5.41) is 3.42. The number of hydrogen-bond donors (Lipinski definition) is 1. The van der Waals surface area contributed by atoms with Crippen LogP contribution < -0.4 is 10.1 Å². The van der Waals surface area contributed by atoms with Gasteiger partial charge in [-0.15, -0.1) is 0 Å². The normalized spacial score (nSPS) is 10.7. The van der Waals surface area contributed by atoms with E-state index >= 15 is 0 Å².